The van der Waals surface area contributed by atoms with Gasteiger partial charge in [-0.1, -0.05) is 24.9 Å². The summed E-state index contributed by atoms with van der Waals surface area (Å²) in [6, 6.07) is 13.0. The van der Waals surface area contributed by atoms with Gasteiger partial charge in [-0.2, -0.15) is 0 Å². The molecule has 3 rings (SSSR count). The molecule has 1 unspecified atom stereocenters. The third kappa shape index (κ3) is 8.69. The quantitative estimate of drug-likeness (QED) is 0.259. The molecule has 0 fully saturated rings. The van der Waals surface area contributed by atoms with Crippen LogP contribution in [0.1, 0.15) is 19.8 Å². The summed E-state index contributed by atoms with van der Waals surface area (Å²) >= 11 is 6.48. The molecule has 0 aliphatic rings. The van der Waals surface area contributed by atoms with Crippen molar-refractivity contribution in [2.75, 3.05) is 66.1 Å². The number of hydrogen-bond donors (Lipinski definition) is 2. The number of methoxy groups -OCH3 is 3. The van der Waals surface area contributed by atoms with E-state index in [1.807, 2.05) is 36.4 Å². The number of hydrogen-bond acceptors (Lipinski definition) is 9. The Morgan fingerprint density at radius 1 is 0.974 bits per heavy atom. The predicted molar refractivity (Wildman–Crippen MR) is 155 cm³/mol. The largest absolute Gasteiger partial charge is 0.493 e. The number of likely N-dealkylation sites (N-methyl/N-ethyl adjacent to an activating group) is 1. The average Bonchev–Trinajstić information content (AvgIpc) is 2.95. The molecular weight excluding hydrogens is 520 g/mol. The molecule has 2 aromatic carbocycles. The maximum absolute atomic E-state index is 10.1. The molecule has 0 bridgehead atoms. The van der Waals surface area contributed by atoms with Gasteiger partial charge in [0.25, 0.3) is 0 Å². The van der Waals surface area contributed by atoms with E-state index in [0.29, 0.717) is 53.4 Å². The van der Waals surface area contributed by atoms with Crippen LogP contribution in [0.15, 0.2) is 42.5 Å². The molecule has 212 valence electrons. The van der Waals surface area contributed by atoms with Gasteiger partial charge in [0.15, 0.2) is 17.3 Å². The van der Waals surface area contributed by atoms with Crippen LogP contribution in [0.2, 0.25) is 5.02 Å². The summed E-state index contributed by atoms with van der Waals surface area (Å²) in [6.45, 7) is 4.79. The van der Waals surface area contributed by atoms with Crippen molar-refractivity contribution in [3.05, 3.63) is 47.5 Å². The molecular formula is C29H39ClN4O5. The molecule has 10 heteroatoms. The maximum atomic E-state index is 10.1. The molecule has 0 radical (unpaired) electrons. The van der Waals surface area contributed by atoms with Crippen LogP contribution in [0.5, 0.6) is 17.2 Å². The third-order valence-electron chi connectivity index (χ3n) is 6.07. The normalized spacial score (nSPS) is 11.8. The van der Waals surface area contributed by atoms with E-state index >= 15 is 0 Å². The molecule has 0 aliphatic heterocycles. The van der Waals surface area contributed by atoms with Crippen LogP contribution in [0, 0.1) is 0 Å². The van der Waals surface area contributed by atoms with E-state index in [1.54, 1.807) is 34.4 Å². The highest BCUT2D eigenvalue weighted by Gasteiger charge is 2.17. The summed E-state index contributed by atoms with van der Waals surface area (Å²) in [6.07, 6.45) is 1.42. The Hall–Kier alpha value is -3.11. The van der Waals surface area contributed by atoms with Gasteiger partial charge in [0.05, 0.1) is 26.5 Å². The molecule has 0 saturated carbocycles. The molecule has 0 saturated heterocycles. The van der Waals surface area contributed by atoms with Crippen LogP contribution >= 0.6 is 11.6 Å². The van der Waals surface area contributed by atoms with Crippen LogP contribution in [-0.2, 0) is 4.74 Å². The number of aliphatic hydroxyl groups is 1. The minimum atomic E-state index is -0.651. The zero-order chi connectivity index (χ0) is 28.2. The Balaban J connectivity index is 2.10. The first-order valence-electron chi connectivity index (χ1n) is 13.0. The molecule has 0 spiro atoms. The summed E-state index contributed by atoms with van der Waals surface area (Å²) < 4.78 is 22.2. The number of nitrogens with one attached hydrogen (secondary N) is 1. The molecule has 3 aromatic rings. The fraction of sp³-hybridized carbons (Fsp3) is 0.448. The van der Waals surface area contributed by atoms with Crippen molar-refractivity contribution in [3.63, 3.8) is 0 Å². The predicted octanol–water partition coefficient (Wildman–Crippen LogP) is 4.69. The fourth-order valence-electron chi connectivity index (χ4n) is 4.02. The van der Waals surface area contributed by atoms with Crippen molar-refractivity contribution in [1.82, 2.24) is 15.3 Å². The SMILES string of the molecule is CCCCN(CCOC)c1cc(-c2ccc(OC)c(OC)c2)nc(-c2cc(Cl)cc(OCC(O)CNC)c2)n1. The molecule has 2 N–H and O–H groups in total. The third-order valence-corrected chi connectivity index (χ3v) is 6.29. The monoisotopic (exact) mass is 558 g/mol. The number of halogens is 1. The Kier molecular flexibility index (Phi) is 12.1. The van der Waals surface area contributed by atoms with Gasteiger partial charge < -0.3 is 34.3 Å². The van der Waals surface area contributed by atoms with Gasteiger partial charge in [-0.15, -0.1) is 0 Å². The lowest BCUT2D eigenvalue weighted by molar-refractivity contribution is 0.108. The van der Waals surface area contributed by atoms with Crippen LogP contribution in [0.25, 0.3) is 22.6 Å². The molecule has 39 heavy (non-hydrogen) atoms. The number of rotatable bonds is 16. The lowest BCUT2D eigenvalue weighted by Crippen LogP contribution is -2.29. The van der Waals surface area contributed by atoms with Gasteiger partial charge >= 0.3 is 0 Å². The number of aliphatic hydroxyl groups excluding tert-OH is 1. The van der Waals surface area contributed by atoms with E-state index < -0.39 is 6.10 Å². The number of benzene rings is 2. The fourth-order valence-corrected chi connectivity index (χ4v) is 4.25. The molecule has 1 atom stereocenters. The number of unbranched alkanes of at least 4 members (excludes halogenated alkanes) is 1. The molecule has 1 aromatic heterocycles. The summed E-state index contributed by atoms with van der Waals surface area (Å²) in [4.78, 5) is 12.1. The average molecular weight is 559 g/mol. The van der Waals surface area contributed by atoms with Crippen LogP contribution in [0.4, 0.5) is 5.82 Å². The second-order valence-corrected chi connectivity index (χ2v) is 9.47. The first kappa shape index (κ1) is 30.4. The Bertz CT molecular complexity index is 1190. The van der Waals surface area contributed by atoms with Crippen molar-refractivity contribution in [1.29, 1.82) is 0 Å². The van der Waals surface area contributed by atoms with Gasteiger partial charge in [-0.3, -0.25) is 0 Å². The number of anilines is 1. The van der Waals surface area contributed by atoms with Gasteiger partial charge in [-0.05, 0) is 49.9 Å². The van der Waals surface area contributed by atoms with Crippen LogP contribution < -0.4 is 24.4 Å². The van der Waals surface area contributed by atoms with Crippen LogP contribution in [-0.4, -0.2) is 82.4 Å². The zero-order valence-electron chi connectivity index (χ0n) is 23.4. The van der Waals surface area contributed by atoms with Crippen molar-refractivity contribution in [2.45, 2.75) is 25.9 Å². The highest BCUT2D eigenvalue weighted by molar-refractivity contribution is 6.31. The first-order valence-corrected chi connectivity index (χ1v) is 13.4. The van der Waals surface area contributed by atoms with Crippen LogP contribution in [0.3, 0.4) is 0 Å². The lowest BCUT2D eigenvalue weighted by Gasteiger charge is -2.24. The van der Waals surface area contributed by atoms with Gasteiger partial charge in [-0.25, -0.2) is 9.97 Å². The number of ether oxygens (including phenoxy) is 4. The highest BCUT2D eigenvalue weighted by atomic mass is 35.5. The van der Waals surface area contributed by atoms with Crippen molar-refractivity contribution < 1.29 is 24.1 Å². The standard InChI is InChI=1S/C29H39ClN4O5/c1-6-7-10-34(11-12-36-3)28-17-25(20-8-9-26(37-4)27(15-20)38-5)32-29(33-28)21-13-22(30)16-24(14-21)39-19-23(35)18-31-2/h8-9,13-17,23,31,35H,6-7,10-12,18-19H2,1-5H3. The molecule has 9 nitrogen and oxygen atoms in total. The lowest BCUT2D eigenvalue weighted by atomic mass is 10.1. The number of nitrogens with zero attached hydrogens (tertiary/aromatic N) is 3. The van der Waals surface area contributed by atoms with Crippen molar-refractivity contribution in [2.24, 2.45) is 0 Å². The van der Waals surface area contributed by atoms with Crippen molar-refractivity contribution in [3.8, 4) is 39.9 Å². The van der Waals surface area contributed by atoms with Crippen molar-refractivity contribution >= 4 is 17.4 Å². The van der Waals surface area contributed by atoms with Gasteiger partial charge in [0.1, 0.15) is 24.3 Å². The smallest absolute Gasteiger partial charge is 0.162 e. The Morgan fingerprint density at radius 2 is 1.77 bits per heavy atom. The Morgan fingerprint density at radius 3 is 2.46 bits per heavy atom. The Labute approximate surface area is 236 Å². The molecule has 0 amide bonds. The highest BCUT2D eigenvalue weighted by Crippen LogP contribution is 2.34. The van der Waals surface area contributed by atoms with E-state index in [1.165, 1.54) is 0 Å². The summed E-state index contributed by atoms with van der Waals surface area (Å²) in [5.41, 5.74) is 2.28. The molecule has 0 aliphatic carbocycles. The van der Waals surface area contributed by atoms with E-state index in [4.69, 9.17) is 40.5 Å². The maximum Gasteiger partial charge on any atom is 0.162 e. The zero-order valence-corrected chi connectivity index (χ0v) is 24.1. The number of aromatic nitrogens is 2. The topological polar surface area (TPSA) is 98.2 Å². The minimum Gasteiger partial charge on any atom is -0.493 e. The second-order valence-electron chi connectivity index (χ2n) is 9.04. The molecule has 1 heterocycles. The van der Waals surface area contributed by atoms with Gasteiger partial charge in [0.2, 0.25) is 0 Å². The summed E-state index contributed by atoms with van der Waals surface area (Å²) in [7, 11) is 6.68. The van der Waals surface area contributed by atoms with E-state index in [9.17, 15) is 5.11 Å². The van der Waals surface area contributed by atoms with E-state index in [2.05, 4.69) is 17.1 Å². The second kappa shape index (κ2) is 15.5. The van der Waals surface area contributed by atoms with Gasteiger partial charge in [0, 0.05) is 49.0 Å². The summed E-state index contributed by atoms with van der Waals surface area (Å²) in [5.74, 6) is 3.05. The first-order chi connectivity index (χ1) is 18.9. The van der Waals surface area contributed by atoms with E-state index in [-0.39, 0.29) is 6.61 Å². The van der Waals surface area contributed by atoms with E-state index in [0.717, 1.165) is 36.5 Å². The summed E-state index contributed by atoms with van der Waals surface area (Å²) in [5, 5.41) is 13.5. The minimum absolute atomic E-state index is 0.125.